The second kappa shape index (κ2) is 7.55. The summed E-state index contributed by atoms with van der Waals surface area (Å²) in [5, 5.41) is 39.1. The third-order valence-corrected chi connectivity index (χ3v) is 3.77. The summed E-state index contributed by atoms with van der Waals surface area (Å²) in [6, 6.07) is 9.92. The van der Waals surface area contributed by atoms with Gasteiger partial charge in [0.05, 0.1) is 0 Å². The summed E-state index contributed by atoms with van der Waals surface area (Å²) in [7, 11) is -3.12. The molecule has 7 heteroatoms. The molecular formula is C16H20B2O5. The zero-order chi connectivity index (χ0) is 17.0. The second-order valence-electron chi connectivity index (χ2n) is 5.32. The molecule has 0 amide bonds. The van der Waals surface area contributed by atoms with Crippen LogP contribution in [-0.2, 0) is 12.8 Å². The molecule has 0 aliphatic rings. The van der Waals surface area contributed by atoms with E-state index in [0.29, 0.717) is 0 Å². The highest BCUT2D eigenvalue weighted by Crippen LogP contribution is 2.14. The molecule has 0 saturated carbocycles. The van der Waals surface area contributed by atoms with Crippen molar-refractivity contribution in [3.8, 4) is 11.5 Å². The Morgan fingerprint density at radius 3 is 2.00 bits per heavy atom. The monoisotopic (exact) mass is 314 g/mol. The molecule has 2 aromatic carbocycles. The predicted molar refractivity (Wildman–Crippen MR) is 91.4 cm³/mol. The Bertz CT molecular complexity index is 676. The molecule has 0 unspecified atom stereocenters. The highest BCUT2D eigenvalue weighted by molar-refractivity contribution is 6.63. The SMILES string of the molecule is CCc1ccc(O)c(B(O)Oc2ccc(CC)cc2B(O)O)c1. The fourth-order valence-corrected chi connectivity index (χ4v) is 2.33. The van der Waals surface area contributed by atoms with Crippen LogP contribution in [0, 0.1) is 0 Å². The van der Waals surface area contributed by atoms with Crippen molar-refractivity contribution >= 4 is 25.2 Å². The zero-order valence-electron chi connectivity index (χ0n) is 13.2. The molecule has 0 saturated heterocycles. The molecule has 0 radical (unpaired) electrons. The first kappa shape index (κ1) is 17.4. The third-order valence-electron chi connectivity index (χ3n) is 3.77. The van der Waals surface area contributed by atoms with Gasteiger partial charge in [-0.25, -0.2) is 0 Å². The lowest BCUT2D eigenvalue weighted by molar-refractivity contribution is 0.414. The van der Waals surface area contributed by atoms with Gasteiger partial charge in [-0.3, -0.25) is 0 Å². The summed E-state index contributed by atoms with van der Waals surface area (Å²) < 4.78 is 5.45. The normalized spacial score (nSPS) is 10.5. The first-order chi connectivity index (χ1) is 11.0. The zero-order valence-corrected chi connectivity index (χ0v) is 13.2. The van der Waals surface area contributed by atoms with E-state index in [9.17, 15) is 20.2 Å². The summed E-state index contributed by atoms with van der Waals surface area (Å²) in [5.74, 6) is 0.0805. The average molecular weight is 314 g/mol. The van der Waals surface area contributed by atoms with Crippen LogP contribution >= 0.6 is 0 Å². The van der Waals surface area contributed by atoms with Gasteiger partial charge in [0.2, 0.25) is 0 Å². The van der Waals surface area contributed by atoms with Crippen molar-refractivity contribution < 1.29 is 24.8 Å². The molecule has 0 bridgehead atoms. The minimum atomic E-state index is -1.71. The predicted octanol–water partition coefficient (Wildman–Crippen LogP) is -0.0367. The summed E-state index contributed by atoms with van der Waals surface area (Å²) in [4.78, 5) is 0. The lowest BCUT2D eigenvalue weighted by atomic mass is 9.75. The van der Waals surface area contributed by atoms with E-state index in [1.165, 1.54) is 6.07 Å². The fraction of sp³-hybridized carbons (Fsp3) is 0.250. The molecule has 0 atom stereocenters. The Labute approximate surface area is 136 Å². The van der Waals surface area contributed by atoms with E-state index in [1.54, 1.807) is 30.3 Å². The summed E-state index contributed by atoms with van der Waals surface area (Å²) in [6.07, 6.45) is 1.49. The van der Waals surface area contributed by atoms with Gasteiger partial charge in [-0.2, -0.15) is 0 Å². The maximum absolute atomic E-state index is 10.3. The Morgan fingerprint density at radius 1 is 0.870 bits per heavy atom. The van der Waals surface area contributed by atoms with Crippen molar-refractivity contribution in [1.82, 2.24) is 0 Å². The van der Waals surface area contributed by atoms with Gasteiger partial charge in [0.15, 0.2) is 0 Å². The Morgan fingerprint density at radius 2 is 1.43 bits per heavy atom. The maximum atomic E-state index is 10.3. The van der Waals surface area contributed by atoms with Crippen LogP contribution in [0.1, 0.15) is 25.0 Å². The first-order valence-corrected chi connectivity index (χ1v) is 7.61. The van der Waals surface area contributed by atoms with Crippen LogP contribution < -0.4 is 15.6 Å². The second-order valence-corrected chi connectivity index (χ2v) is 5.32. The fourth-order valence-electron chi connectivity index (χ4n) is 2.33. The number of phenolic OH excluding ortho intramolecular Hbond substituents is 1. The summed E-state index contributed by atoms with van der Waals surface area (Å²) in [5.41, 5.74) is 2.28. The Balaban J connectivity index is 2.31. The number of benzene rings is 2. The van der Waals surface area contributed by atoms with Crippen LogP contribution in [0.4, 0.5) is 0 Å². The van der Waals surface area contributed by atoms with Gasteiger partial charge in [0, 0.05) is 10.9 Å². The van der Waals surface area contributed by atoms with Gasteiger partial charge in [0.1, 0.15) is 11.5 Å². The smallest absolute Gasteiger partial charge is 0.533 e. The number of hydrogen-bond donors (Lipinski definition) is 4. The number of phenols is 1. The van der Waals surface area contributed by atoms with Crippen LogP contribution in [0.3, 0.4) is 0 Å². The number of aromatic hydroxyl groups is 1. The van der Waals surface area contributed by atoms with Crippen LogP contribution in [-0.4, -0.2) is 34.4 Å². The maximum Gasteiger partial charge on any atom is 0.563 e. The van der Waals surface area contributed by atoms with Crippen molar-refractivity contribution in [3.05, 3.63) is 47.5 Å². The van der Waals surface area contributed by atoms with Crippen LogP contribution in [0.5, 0.6) is 11.5 Å². The first-order valence-electron chi connectivity index (χ1n) is 7.61. The molecule has 4 N–H and O–H groups in total. The molecular weight excluding hydrogens is 294 g/mol. The lowest BCUT2D eigenvalue weighted by Gasteiger charge is -2.16. The average Bonchev–Trinajstić information content (AvgIpc) is 2.55. The van der Waals surface area contributed by atoms with Gasteiger partial charge >= 0.3 is 14.2 Å². The van der Waals surface area contributed by atoms with Gasteiger partial charge in [-0.1, -0.05) is 38.1 Å². The van der Waals surface area contributed by atoms with E-state index in [1.807, 2.05) is 13.8 Å². The molecule has 0 heterocycles. The molecule has 120 valence electrons. The Hall–Kier alpha value is -1.95. The van der Waals surface area contributed by atoms with Crippen molar-refractivity contribution in [2.45, 2.75) is 26.7 Å². The molecule has 0 aliphatic carbocycles. The van der Waals surface area contributed by atoms with E-state index in [0.717, 1.165) is 24.0 Å². The van der Waals surface area contributed by atoms with E-state index >= 15 is 0 Å². The molecule has 5 nitrogen and oxygen atoms in total. The molecule has 0 aliphatic heterocycles. The van der Waals surface area contributed by atoms with Gasteiger partial charge in [0.25, 0.3) is 0 Å². The number of hydrogen-bond acceptors (Lipinski definition) is 5. The van der Waals surface area contributed by atoms with Gasteiger partial charge in [-0.15, -0.1) is 0 Å². The van der Waals surface area contributed by atoms with E-state index in [2.05, 4.69) is 0 Å². The summed E-state index contributed by atoms with van der Waals surface area (Å²) in [6.45, 7) is 3.92. The highest BCUT2D eigenvalue weighted by atomic mass is 16.5. The molecule has 2 aromatic rings. The molecule has 23 heavy (non-hydrogen) atoms. The van der Waals surface area contributed by atoms with Crippen molar-refractivity contribution in [3.63, 3.8) is 0 Å². The quantitative estimate of drug-likeness (QED) is 0.562. The third kappa shape index (κ3) is 4.07. The van der Waals surface area contributed by atoms with Crippen LogP contribution in [0.25, 0.3) is 0 Å². The largest absolute Gasteiger partial charge is 0.563 e. The molecule has 2 rings (SSSR count). The lowest BCUT2D eigenvalue weighted by Crippen LogP contribution is -2.40. The number of aryl methyl sites for hydroxylation is 2. The number of rotatable bonds is 6. The molecule has 0 aromatic heterocycles. The molecule has 0 spiro atoms. The standard InChI is InChI=1S/C16H20B2O5/c1-3-11-5-7-15(19)13(9-11)18(22)23-16-8-6-12(4-2)10-14(16)17(20)21/h5-10,19-22H,3-4H2,1-2H3. The van der Waals surface area contributed by atoms with E-state index in [-0.39, 0.29) is 22.4 Å². The van der Waals surface area contributed by atoms with Gasteiger partial charge in [-0.05, 0) is 36.1 Å². The van der Waals surface area contributed by atoms with Crippen LogP contribution in [0.2, 0.25) is 0 Å². The van der Waals surface area contributed by atoms with Crippen molar-refractivity contribution in [2.75, 3.05) is 0 Å². The minimum Gasteiger partial charge on any atom is -0.533 e. The van der Waals surface area contributed by atoms with Crippen LogP contribution in [0.15, 0.2) is 36.4 Å². The molecule has 0 fully saturated rings. The topological polar surface area (TPSA) is 90.2 Å². The van der Waals surface area contributed by atoms with E-state index in [4.69, 9.17) is 4.65 Å². The van der Waals surface area contributed by atoms with E-state index < -0.39 is 14.2 Å². The van der Waals surface area contributed by atoms with Gasteiger partial charge < -0.3 is 24.8 Å². The van der Waals surface area contributed by atoms with Crippen molar-refractivity contribution in [1.29, 1.82) is 0 Å². The Kier molecular flexibility index (Phi) is 5.71. The van der Waals surface area contributed by atoms with Crippen molar-refractivity contribution in [2.24, 2.45) is 0 Å². The summed E-state index contributed by atoms with van der Waals surface area (Å²) >= 11 is 0. The highest BCUT2D eigenvalue weighted by Gasteiger charge is 2.26. The minimum absolute atomic E-state index is 0.0778.